The number of hydrogen-bond acceptors (Lipinski definition) is 2. The number of hydrogen-bond donors (Lipinski definition) is 0. The van der Waals surface area contributed by atoms with Gasteiger partial charge in [-0.1, -0.05) is 19.9 Å². The predicted octanol–water partition coefficient (Wildman–Crippen LogP) is 4.80. The van der Waals surface area contributed by atoms with Gasteiger partial charge in [-0.25, -0.2) is 4.98 Å². The Bertz CT molecular complexity index is 460. The summed E-state index contributed by atoms with van der Waals surface area (Å²) in [7, 11) is 0. The predicted molar refractivity (Wildman–Crippen MR) is 75.7 cm³/mol. The topological polar surface area (TPSA) is 12.9 Å². The van der Waals surface area contributed by atoms with Crippen LogP contribution in [0, 0.1) is 3.57 Å². The molecule has 0 aliphatic heterocycles. The molecule has 0 radical (unpaired) electrons. The van der Waals surface area contributed by atoms with Crippen LogP contribution in [0.3, 0.4) is 0 Å². The summed E-state index contributed by atoms with van der Waals surface area (Å²) in [5, 5.41) is 1.30. The Morgan fingerprint density at radius 1 is 1.33 bits per heavy atom. The molecule has 1 heterocycles. The highest BCUT2D eigenvalue weighted by Crippen LogP contribution is 2.32. The molecule has 0 amide bonds. The van der Waals surface area contributed by atoms with Crippen molar-refractivity contribution in [2.45, 2.75) is 32.6 Å². The van der Waals surface area contributed by atoms with E-state index >= 15 is 0 Å². The Balaban J connectivity index is 2.51. The minimum absolute atomic E-state index is 0.637. The van der Waals surface area contributed by atoms with E-state index in [-0.39, 0.29) is 0 Å². The lowest BCUT2D eigenvalue weighted by atomic mass is 10.1. The van der Waals surface area contributed by atoms with Crippen LogP contribution in [0.4, 0.5) is 0 Å². The molecule has 0 N–H and O–H groups in total. The highest BCUT2D eigenvalue weighted by molar-refractivity contribution is 14.1. The molecule has 2 aromatic rings. The molecule has 0 bridgehead atoms. The van der Waals surface area contributed by atoms with Crippen molar-refractivity contribution < 1.29 is 0 Å². The lowest BCUT2D eigenvalue weighted by molar-refractivity contribution is 0.639. The van der Waals surface area contributed by atoms with E-state index in [2.05, 4.69) is 54.6 Å². The van der Waals surface area contributed by atoms with E-state index in [1.54, 1.807) is 0 Å². The normalized spacial score (nSPS) is 11.5. The molecule has 0 unspecified atom stereocenters. The summed E-state index contributed by atoms with van der Waals surface area (Å²) in [6.07, 6.45) is 2.37. The first-order chi connectivity index (χ1) is 7.26. The van der Waals surface area contributed by atoms with Gasteiger partial charge in [0, 0.05) is 9.49 Å². The van der Waals surface area contributed by atoms with Crippen molar-refractivity contribution in [2.24, 2.45) is 0 Å². The summed E-state index contributed by atoms with van der Waals surface area (Å²) in [6, 6.07) is 6.40. The number of rotatable bonds is 3. The fourth-order valence-electron chi connectivity index (χ4n) is 1.74. The van der Waals surface area contributed by atoms with E-state index < -0.39 is 0 Å². The average molecular weight is 331 g/mol. The van der Waals surface area contributed by atoms with Crippen molar-refractivity contribution in [3.63, 3.8) is 0 Å². The first-order valence-electron chi connectivity index (χ1n) is 5.31. The highest BCUT2D eigenvalue weighted by atomic mass is 127. The van der Waals surface area contributed by atoms with Crippen molar-refractivity contribution >= 4 is 44.1 Å². The Labute approximate surface area is 108 Å². The molecular weight excluding hydrogens is 317 g/mol. The number of halogens is 1. The third-order valence-corrected chi connectivity index (χ3v) is 4.77. The third kappa shape index (κ3) is 2.18. The van der Waals surface area contributed by atoms with Crippen LogP contribution in [0.1, 0.15) is 37.6 Å². The number of fused-ring (bicyclic) bond motifs is 1. The number of nitrogens with zero attached hydrogens (tertiary/aromatic N) is 1. The SMILES string of the molecule is CCC(CC)c1nc2c(I)cccc2s1. The van der Waals surface area contributed by atoms with Crippen LogP contribution in [0.5, 0.6) is 0 Å². The van der Waals surface area contributed by atoms with Crippen LogP contribution in [0.25, 0.3) is 10.2 Å². The van der Waals surface area contributed by atoms with Gasteiger partial charge in [-0.2, -0.15) is 0 Å². The number of para-hydroxylation sites is 1. The van der Waals surface area contributed by atoms with Crippen molar-refractivity contribution in [3.05, 3.63) is 26.8 Å². The number of thiazole rings is 1. The van der Waals surface area contributed by atoms with Crippen LogP contribution < -0.4 is 0 Å². The van der Waals surface area contributed by atoms with Crippen LogP contribution in [-0.4, -0.2) is 4.98 Å². The average Bonchev–Trinajstić information content (AvgIpc) is 2.65. The zero-order valence-electron chi connectivity index (χ0n) is 8.96. The molecule has 0 saturated carbocycles. The summed E-state index contributed by atoms with van der Waals surface area (Å²) < 4.78 is 2.59. The lowest BCUT2D eigenvalue weighted by Crippen LogP contribution is -1.93. The van der Waals surface area contributed by atoms with E-state index in [0.29, 0.717) is 5.92 Å². The van der Waals surface area contributed by atoms with Gasteiger partial charge >= 0.3 is 0 Å². The minimum Gasteiger partial charge on any atom is -0.240 e. The van der Waals surface area contributed by atoms with Gasteiger partial charge in [0.2, 0.25) is 0 Å². The van der Waals surface area contributed by atoms with Gasteiger partial charge in [-0.15, -0.1) is 11.3 Å². The molecule has 1 aromatic heterocycles. The van der Waals surface area contributed by atoms with Gasteiger partial charge in [-0.05, 0) is 47.6 Å². The van der Waals surface area contributed by atoms with Gasteiger partial charge in [-0.3, -0.25) is 0 Å². The van der Waals surface area contributed by atoms with E-state index in [4.69, 9.17) is 4.98 Å². The van der Waals surface area contributed by atoms with Crippen molar-refractivity contribution in [3.8, 4) is 0 Å². The van der Waals surface area contributed by atoms with Crippen molar-refractivity contribution in [1.29, 1.82) is 0 Å². The van der Waals surface area contributed by atoms with Crippen LogP contribution >= 0.6 is 33.9 Å². The second-order valence-corrected chi connectivity index (χ2v) is 5.88. The maximum absolute atomic E-state index is 4.77. The van der Waals surface area contributed by atoms with Gasteiger partial charge in [0.05, 0.1) is 15.2 Å². The van der Waals surface area contributed by atoms with Gasteiger partial charge in [0.25, 0.3) is 0 Å². The molecule has 2 rings (SSSR count). The first-order valence-corrected chi connectivity index (χ1v) is 7.20. The van der Waals surface area contributed by atoms with Crippen LogP contribution in [0.15, 0.2) is 18.2 Å². The fraction of sp³-hybridized carbons (Fsp3) is 0.417. The molecule has 0 fully saturated rings. The molecule has 1 nitrogen and oxygen atoms in total. The Morgan fingerprint density at radius 2 is 2.07 bits per heavy atom. The zero-order valence-corrected chi connectivity index (χ0v) is 11.9. The minimum atomic E-state index is 0.637. The molecule has 0 aliphatic carbocycles. The summed E-state index contributed by atoms with van der Waals surface area (Å²) in [5.74, 6) is 0.637. The summed E-state index contributed by atoms with van der Waals surface area (Å²) >= 11 is 4.22. The number of aromatic nitrogens is 1. The van der Waals surface area contributed by atoms with Gasteiger partial charge in [0.1, 0.15) is 0 Å². The lowest BCUT2D eigenvalue weighted by Gasteiger charge is -2.06. The molecule has 3 heteroatoms. The van der Waals surface area contributed by atoms with E-state index in [1.807, 2.05) is 11.3 Å². The molecule has 0 spiro atoms. The summed E-state index contributed by atoms with van der Waals surface area (Å²) in [6.45, 7) is 4.48. The standard InChI is InChI=1S/C12H14INS/c1-3-8(4-2)12-14-11-9(13)6-5-7-10(11)15-12/h5-8H,3-4H2,1-2H3. The Morgan fingerprint density at radius 3 is 2.67 bits per heavy atom. The van der Waals surface area contributed by atoms with E-state index in [9.17, 15) is 0 Å². The molecule has 0 saturated heterocycles. The monoisotopic (exact) mass is 331 g/mol. The van der Waals surface area contributed by atoms with Crippen LogP contribution in [-0.2, 0) is 0 Å². The second kappa shape index (κ2) is 4.78. The van der Waals surface area contributed by atoms with Crippen molar-refractivity contribution in [2.75, 3.05) is 0 Å². The maximum atomic E-state index is 4.77. The molecular formula is C12H14INS. The molecule has 0 aliphatic rings. The summed E-state index contributed by atoms with van der Waals surface area (Å²) in [4.78, 5) is 4.77. The fourth-order valence-corrected chi connectivity index (χ4v) is 3.81. The molecule has 15 heavy (non-hydrogen) atoms. The molecule has 1 aromatic carbocycles. The number of benzene rings is 1. The maximum Gasteiger partial charge on any atom is 0.0969 e. The quantitative estimate of drug-likeness (QED) is 0.736. The van der Waals surface area contributed by atoms with Gasteiger partial charge in [0.15, 0.2) is 0 Å². The molecule has 0 atom stereocenters. The van der Waals surface area contributed by atoms with E-state index in [0.717, 1.165) is 0 Å². The first kappa shape index (κ1) is 11.3. The highest BCUT2D eigenvalue weighted by Gasteiger charge is 2.13. The van der Waals surface area contributed by atoms with Crippen molar-refractivity contribution in [1.82, 2.24) is 4.98 Å². The van der Waals surface area contributed by atoms with Gasteiger partial charge < -0.3 is 0 Å². The van der Waals surface area contributed by atoms with E-state index in [1.165, 1.54) is 31.6 Å². The van der Waals surface area contributed by atoms with Crippen LogP contribution in [0.2, 0.25) is 0 Å². The largest absolute Gasteiger partial charge is 0.240 e. The smallest absolute Gasteiger partial charge is 0.0969 e. The summed E-state index contributed by atoms with van der Waals surface area (Å²) in [5.41, 5.74) is 1.19. The Kier molecular flexibility index (Phi) is 3.61. The Hall–Kier alpha value is -0.160. The second-order valence-electron chi connectivity index (χ2n) is 3.65. The molecule has 80 valence electrons. The zero-order chi connectivity index (χ0) is 10.8. The third-order valence-electron chi connectivity index (χ3n) is 2.72.